The van der Waals surface area contributed by atoms with Gasteiger partial charge >= 0.3 is 6.03 Å². The number of urea groups is 1. The second-order valence-corrected chi connectivity index (χ2v) is 7.67. The number of aromatic hydroxyl groups is 2. The van der Waals surface area contributed by atoms with E-state index in [0.29, 0.717) is 5.69 Å². The highest BCUT2D eigenvalue weighted by molar-refractivity contribution is 5.90. The van der Waals surface area contributed by atoms with E-state index in [1.54, 1.807) is 6.07 Å². The monoisotopic (exact) mass is 397 g/mol. The van der Waals surface area contributed by atoms with E-state index in [4.69, 9.17) is 0 Å². The molecule has 0 unspecified atom stereocenters. The number of hydrogen-bond acceptors (Lipinski definition) is 4. The molecule has 156 valence electrons. The van der Waals surface area contributed by atoms with Crippen molar-refractivity contribution >= 4 is 11.7 Å². The van der Waals surface area contributed by atoms with E-state index in [-0.39, 0.29) is 23.6 Å². The fourth-order valence-electron chi connectivity index (χ4n) is 3.81. The Labute approximate surface area is 172 Å². The predicted molar refractivity (Wildman–Crippen MR) is 115 cm³/mol. The number of amides is 2. The van der Waals surface area contributed by atoms with E-state index in [9.17, 15) is 15.0 Å². The molecule has 1 aliphatic heterocycles. The lowest BCUT2D eigenvalue weighted by molar-refractivity contribution is 0.122. The zero-order chi connectivity index (χ0) is 20.6. The normalized spacial score (nSPS) is 15.2. The summed E-state index contributed by atoms with van der Waals surface area (Å²) in [6.07, 6.45) is 3.88. The van der Waals surface area contributed by atoms with Crippen LogP contribution in [0.2, 0.25) is 0 Å². The maximum absolute atomic E-state index is 12.9. The van der Waals surface area contributed by atoms with Gasteiger partial charge < -0.3 is 20.4 Å². The van der Waals surface area contributed by atoms with Gasteiger partial charge in [-0.2, -0.15) is 0 Å². The number of anilines is 1. The van der Waals surface area contributed by atoms with Gasteiger partial charge in [0, 0.05) is 44.0 Å². The highest BCUT2D eigenvalue weighted by Gasteiger charge is 2.27. The van der Waals surface area contributed by atoms with Gasteiger partial charge in [0.25, 0.3) is 0 Å². The summed E-state index contributed by atoms with van der Waals surface area (Å²) in [5.74, 6) is -0.436. The molecule has 1 heterocycles. The van der Waals surface area contributed by atoms with Crippen LogP contribution < -0.4 is 5.32 Å². The average molecular weight is 398 g/mol. The van der Waals surface area contributed by atoms with Crippen LogP contribution in [0.1, 0.15) is 38.2 Å². The van der Waals surface area contributed by atoms with Crippen molar-refractivity contribution in [2.24, 2.45) is 0 Å². The molecule has 0 saturated carbocycles. The van der Waals surface area contributed by atoms with Crippen LogP contribution in [0.5, 0.6) is 11.5 Å². The third-order valence-corrected chi connectivity index (χ3v) is 5.49. The number of carbonyl (C=O) groups excluding carboxylic acids is 1. The highest BCUT2D eigenvalue weighted by Crippen LogP contribution is 2.28. The summed E-state index contributed by atoms with van der Waals surface area (Å²) in [5, 5.41) is 22.0. The number of benzene rings is 2. The summed E-state index contributed by atoms with van der Waals surface area (Å²) in [6.45, 7) is 5.72. The van der Waals surface area contributed by atoms with Gasteiger partial charge in [0.15, 0.2) is 11.5 Å². The van der Waals surface area contributed by atoms with Gasteiger partial charge in [-0.1, -0.05) is 43.7 Å². The van der Waals surface area contributed by atoms with Crippen molar-refractivity contribution in [1.29, 1.82) is 0 Å². The number of nitrogens with one attached hydrogen (secondary N) is 1. The Morgan fingerprint density at radius 1 is 1.10 bits per heavy atom. The maximum Gasteiger partial charge on any atom is 0.322 e. The van der Waals surface area contributed by atoms with Crippen LogP contribution in [-0.4, -0.2) is 51.7 Å². The summed E-state index contributed by atoms with van der Waals surface area (Å²) in [7, 11) is 0. The summed E-state index contributed by atoms with van der Waals surface area (Å²) < 4.78 is 0. The van der Waals surface area contributed by atoms with Crippen molar-refractivity contribution in [3.63, 3.8) is 0 Å². The lowest BCUT2D eigenvalue weighted by Gasteiger charge is -2.38. The molecular formula is C23H31N3O3. The van der Waals surface area contributed by atoms with E-state index in [1.807, 2.05) is 11.0 Å². The van der Waals surface area contributed by atoms with Crippen molar-refractivity contribution in [2.45, 2.75) is 45.2 Å². The fourth-order valence-corrected chi connectivity index (χ4v) is 3.81. The van der Waals surface area contributed by atoms with Crippen molar-refractivity contribution in [3.05, 3.63) is 54.1 Å². The van der Waals surface area contributed by atoms with Crippen LogP contribution in [0.25, 0.3) is 0 Å². The van der Waals surface area contributed by atoms with Crippen molar-refractivity contribution in [3.8, 4) is 11.5 Å². The molecule has 6 nitrogen and oxygen atoms in total. The van der Waals surface area contributed by atoms with Crippen LogP contribution >= 0.6 is 0 Å². The number of hydrogen-bond donors (Lipinski definition) is 3. The van der Waals surface area contributed by atoms with Crippen LogP contribution in [0.15, 0.2) is 48.5 Å². The highest BCUT2D eigenvalue weighted by atomic mass is 16.3. The van der Waals surface area contributed by atoms with Gasteiger partial charge in [0.1, 0.15) is 0 Å². The average Bonchev–Trinajstić information content (AvgIpc) is 2.73. The molecule has 0 atom stereocenters. The van der Waals surface area contributed by atoms with Crippen LogP contribution in [0, 0.1) is 0 Å². The molecular weight excluding hydrogens is 366 g/mol. The minimum Gasteiger partial charge on any atom is -0.504 e. The van der Waals surface area contributed by atoms with Gasteiger partial charge in [0.05, 0.1) is 0 Å². The van der Waals surface area contributed by atoms with Gasteiger partial charge in [-0.3, -0.25) is 4.90 Å². The van der Waals surface area contributed by atoms with Crippen molar-refractivity contribution in [1.82, 2.24) is 9.80 Å². The Bertz CT molecular complexity index is 789. The first-order valence-electron chi connectivity index (χ1n) is 10.4. The Kier molecular flexibility index (Phi) is 7.36. The fraction of sp³-hybridized carbons (Fsp3) is 0.435. The van der Waals surface area contributed by atoms with E-state index in [1.165, 1.54) is 17.7 Å². The number of piperidine rings is 1. The largest absolute Gasteiger partial charge is 0.504 e. The molecule has 1 fully saturated rings. The van der Waals surface area contributed by atoms with Crippen LogP contribution in [0.3, 0.4) is 0 Å². The zero-order valence-electron chi connectivity index (χ0n) is 17.1. The number of phenols is 2. The molecule has 6 heteroatoms. The number of phenolic OH excluding ortho intramolecular Hbond substituents is 2. The molecule has 2 aromatic rings. The molecule has 0 bridgehead atoms. The van der Waals surface area contributed by atoms with E-state index in [0.717, 1.165) is 51.9 Å². The van der Waals surface area contributed by atoms with Gasteiger partial charge in [-0.05, 0) is 37.0 Å². The number of rotatable bonds is 7. The SMILES string of the molecule is CCCCN(C(=O)Nc1ccc(O)c(O)c1)C1CCN(Cc2ccccc2)CC1. The molecule has 1 aliphatic rings. The molecule has 0 radical (unpaired) electrons. The minimum absolute atomic E-state index is 0.148. The third kappa shape index (κ3) is 5.87. The smallest absolute Gasteiger partial charge is 0.322 e. The first-order valence-corrected chi connectivity index (χ1v) is 10.4. The van der Waals surface area contributed by atoms with Crippen molar-refractivity contribution in [2.75, 3.05) is 25.0 Å². The molecule has 2 amide bonds. The molecule has 2 aromatic carbocycles. The number of carbonyl (C=O) groups is 1. The first-order chi connectivity index (χ1) is 14.1. The van der Waals surface area contributed by atoms with Gasteiger partial charge in [0.2, 0.25) is 0 Å². The topological polar surface area (TPSA) is 76.0 Å². The van der Waals surface area contributed by atoms with E-state index in [2.05, 4.69) is 41.4 Å². The Morgan fingerprint density at radius 3 is 2.48 bits per heavy atom. The molecule has 1 saturated heterocycles. The van der Waals surface area contributed by atoms with Crippen LogP contribution in [-0.2, 0) is 6.54 Å². The summed E-state index contributed by atoms with van der Waals surface area (Å²) in [4.78, 5) is 17.3. The first kappa shape index (κ1) is 21.0. The quantitative estimate of drug-likeness (QED) is 0.478. The Morgan fingerprint density at radius 2 is 1.83 bits per heavy atom. The lowest BCUT2D eigenvalue weighted by atomic mass is 10.0. The Hall–Kier alpha value is -2.73. The molecule has 0 spiro atoms. The molecule has 0 aliphatic carbocycles. The minimum atomic E-state index is -0.239. The summed E-state index contributed by atoms with van der Waals surface area (Å²) in [5.41, 5.74) is 1.80. The third-order valence-electron chi connectivity index (χ3n) is 5.49. The summed E-state index contributed by atoms with van der Waals surface area (Å²) in [6, 6.07) is 14.9. The molecule has 29 heavy (non-hydrogen) atoms. The molecule has 3 N–H and O–H groups in total. The number of unbranched alkanes of at least 4 members (excludes halogenated alkanes) is 1. The second kappa shape index (κ2) is 10.2. The molecule has 3 rings (SSSR count). The molecule has 0 aromatic heterocycles. The number of nitrogens with zero attached hydrogens (tertiary/aromatic N) is 2. The maximum atomic E-state index is 12.9. The predicted octanol–water partition coefficient (Wildman–Crippen LogP) is 4.40. The van der Waals surface area contributed by atoms with Gasteiger partial charge in [-0.25, -0.2) is 4.79 Å². The van der Waals surface area contributed by atoms with Crippen molar-refractivity contribution < 1.29 is 15.0 Å². The lowest BCUT2D eigenvalue weighted by Crippen LogP contribution is -2.49. The van der Waals surface area contributed by atoms with Crippen LogP contribution in [0.4, 0.5) is 10.5 Å². The summed E-state index contributed by atoms with van der Waals surface area (Å²) >= 11 is 0. The standard InChI is InChI=1S/C23H31N3O3/c1-2-3-13-26(23(29)24-19-9-10-21(27)22(28)16-19)20-11-14-25(15-12-20)17-18-7-5-4-6-8-18/h4-10,16,20,27-28H,2-3,11-15,17H2,1H3,(H,24,29). The Balaban J connectivity index is 1.59. The zero-order valence-corrected chi connectivity index (χ0v) is 17.1. The van der Waals surface area contributed by atoms with E-state index >= 15 is 0 Å². The number of likely N-dealkylation sites (tertiary alicyclic amines) is 1. The van der Waals surface area contributed by atoms with E-state index < -0.39 is 0 Å². The van der Waals surface area contributed by atoms with Gasteiger partial charge in [-0.15, -0.1) is 0 Å². The second-order valence-electron chi connectivity index (χ2n) is 7.67.